The number of alkyl carbamates (subject to hydrolysis) is 1. The standard InChI is InChI=1S/C25H35N3O6/c1-25(2,3)34-24(32)28-20(16-17-12-8-7-9-13-17)22(30)26-18-14-10-5-6-11-15-19(23(31)33-4)27-21(18)29/h5-9,12-13,18-20H,10-11,14-16H2,1-4H3,(H,26,30)(H,27,29)(H,28,32)/b6-5+/t18-,19-,20-/m0/s1. The molecule has 186 valence electrons. The van der Waals surface area contributed by atoms with Crippen LogP contribution >= 0.6 is 0 Å². The molecule has 3 amide bonds. The number of carbonyl (C=O) groups is 4. The first-order valence-corrected chi connectivity index (χ1v) is 11.5. The van der Waals surface area contributed by atoms with Gasteiger partial charge in [0.25, 0.3) is 0 Å². The topological polar surface area (TPSA) is 123 Å². The van der Waals surface area contributed by atoms with E-state index in [-0.39, 0.29) is 6.42 Å². The van der Waals surface area contributed by atoms with Gasteiger partial charge in [-0.2, -0.15) is 0 Å². The van der Waals surface area contributed by atoms with Crippen LogP contribution < -0.4 is 16.0 Å². The van der Waals surface area contributed by atoms with Gasteiger partial charge in [0.1, 0.15) is 23.7 Å². The van der Waals surface area contributed by atoms with Gasteiger partial charge in [-0.25, -0.2) is 9.59 Å². The second kappa shape index (κ2) is 12.8. The van der Waals surface area contributed by atoms with E-state index in [0.717, 1.165) is 5.56 Å². The van der Waals surface area contributed by atoms with Crippen LogP contribution in [0.4, 0.5) is 4.79 Å². The molecule has 0 aliphatic carbocycles. The van der Waals surface area contributed by atoms with Crippen molar-refractivity contribution in [2.45, 2.75) is 76.6 Å². The highest BCUT2D eigenvalue weighted by Gasteiger charge is 2.30. The predicted molar refractivity (Wildman–Crippen MR) is 127 cm³/mol. The molecule has 3 N–H and O–H groups in total. The van der Waals surface area contributed by atoms with E-state index >= 15 is 0 Å². The Morgan fingerprint density at radius 1 is 1.09 bits per heavy atom. The summed E-state index contributed by atoms with van der Waals surface area (Å²) in [4.78, 5) is 50.6. The Morgan fingerprint density at radius 3 is 2.35 bits per heavy atom. The molecule has 0 radical (unpaired) electrons. The fourth-order valence-electron chi connectivity index (χ4n) is 3.48. The Bertz CT molecular complexity index is 878. The molecular weight excluding hydrogens is 438 g/mol. The van der Waals surface area contributed by atoms with Crippen molar-refractivity contribution in [1.82, 2.24) is 16.0 Å². The first-order valence-electron chi connectivity index (χ1n) is 11.5. The van der Waals surface area contributed by atoms with Gasteiger partial charge in [-0.1, -0.05) is 42.5 Å². The molecule has 1 aliphatic heterocycles. The fourth-order valence-corrected chi connectivity index (χ4v) is 3.48. The van der Waals surface area contributed by atoms with E-state index in [0.29, 0.717) is 25.7 Å². The van der Waals surface area contributed by atoms with Crippen LogP contribution in [0.15, 0.2) is 42.5 Å². The summed E-state index contributed by atoms with van der Waals surface area (Å²) in [7, 11) is 1.26. The summed E-state index contributed by atoms with van der Waals surface area (Å²) in [5.74, 6) is -1.54. The van der Waals surface area contributed by atoms with E-state index in [9.17, 15) is 19.2 Å². The number of benzene rings is 1. The van der Waals surface area contributed by atoms with Crippen LogP contribution in [0, 0.1) is 0 Å². The van der Waals surface area contributed by atoms with Crippen LogP contribution in [-0.4, -0.2) is 54.7 Å². The van der Waals surface area contributed by atoms with E-state index in [1.807, 2.05) is 42.5 Å². The quantitative estimate of drug-likeness (QED) is 0.431. The number of hydrogen-bond acceptors (Lipinski definition) is 6. The molecular formula is C25H35N3O6. The SMILES string of the molecule is COC(=O)[C@@H]1CC/C=C/CC[C@H](NC(=O)[C@H](Cc2ccccc2)NC(=O)OC(C)(C)C)C(=O)N1. The molecule has 9 heteroatoms. The smallest absolute Gasteiger partial charge is 0.408 e. The summed E-state index contributed by atoms with van der Waals surface area (Å²) in [6.07, 6.45) is 5.28. The molecule has 1 aromatic carbocycles. The van der Waals surface area contributed by atoms with Gasteiger partial charge in [-0.15, -0.1) is 0 Å². The monoisotopic (exact) mass is 473 g/mol. The Kier molecular flexibility index (Phi) is 10.1. The fraction of sp³-hybridized carbons (Fsp3) is 0.520. The summed E-state index contributed by atoms with van der Waals surface area (Å²) in [6, 6.07) is 6.57. The third kappa shape index (κ3) is 9.25. The van der Waals surface area contributed by atoms with Gasteiger partial charge in [-0.05, 0) is 52.0 Å². The summed E-state index contributed by atoms with van der Waals surface area (Å²) in [5, 5.41) is 8.04. The number of carbonyl (C=O) groups excluding carboxylic acids is 4. The molecule has 0 saturated carbocycles. The lowest BCUT2D eigenvalue weighted by Crippen LogP contribution is -2.56. The highest BCUT2D eigenvalue weighted by Crippen LogP contribution is 2.11. The molecule has 9 nitrogen and oxygen atoms in total. The molecule has 34 heavy (non-hydrogen) atoms. The van der Waals surface area contributed by atoms with Crippen LogP contribution in [0.1, 0.15) is 52.0 Å². The third-order valence-corrected chi connectivity index (χ3v) is 5.14. The van der Waals surface area contributed by atoms with Crippen molar-refractivity contribution in [3.8, 4) is 0 Å². The van der Waals surface area contributed by atoms with E-state index in [1.165, 1.54) is 7.11 Å². The van der Waals surface area contributed by atoms with Gasteiger partial charge < -0.3 is 25.4 Å². The Labute approximate surface area is 200 Å². The Morgan fingerprint density at radius 2 is 1.74 bits per heavy atom. The van der Waals surface area contributed by atoms with Crippen molar-refractivity contribution in [2.24, 2.45) is 0 Å². The minimum absolute atomic E-state index is 0.213. The summed E-state index contributed by atoms with van der Waals surface area (Å²) in [5.41, 5.74) is 0.103. The maximum atomic E-state index is 13.2. The zero-order valence-corrected chi connectivity index (χ0v) is 20.3. The number of methoxy groups -OCH3 is 1. The minimum atomic E-state index is -0.965. The molecule has 0 unspecified atom stereocenters. The number of ether oxygens (including phenoxy) is 2. The van der Waals surface area contributed by atoms with Gasteiger partial charge in [0.2, 0.25) is 11.8 Å². The zero-order chi connectivity index (χ0) is 25.1. The summed E-state index contributed by atoms with van der Waals surface area (Å²) >= 11 is 0. The average molecular weight is 474 g/mol. The summed E-state index contributed by atoms with van der Waals surface area (Å²) in [6.45, 7) is 5.19. The van der Waals surface area contributed by atoms with E-state index < -0.39 is 47.6 Å². The molecule has 1 aromatic rings. The second-order valence-electron chi connectivity index (χ2n) is 9.16. The van der Waals surface area contributed by atoms with Crippen LogP contribution in [0.25, 0.3) is 0 Å². The van der Waals surface area contributed by atoms with Crippen LogP contribution in [0.3, 0.4) is 0 Å². The van der Waals surface area contributed by atoms with Crippen LogP contribution in [0.2, 0.25) is 0 Å². The first-order chi connectivity index (χ1) is 16.1. The maximum absolute atomic E-state index is 13.2. The maximum Gasteiger partial charge on any atom is 0.408 e. The highest BCUT2D eigenvalue weighted by atomic mass is 16.6. The van der Waals surface area contributed by atoms with E-state index in [4.69, 9.17) is 9.47 Å². The highest BCUT2D eigenvalue weighted by molar-refractivity contribution is 5.93. The average Bonchev–Trinajstić information content (AvgIpc) is 2.77. The van der Waals surface area contributed by atoms with Crippen molar-refractivity contribution >= 4 is 23.9 Å². The van der Waals surface area contributed by atoms with E-state index in [1.54, 1.807) is 20.8 Å². The van der Waals surface area contributed by atoms with Gasteiger partial charge in [0.15, 0.2) is 0 Å². The zero-order valence-electron chi connectivity index (χ0n) is 20.3. The van der Waals surface area contributed by atoms with Gasteiger partial charge in [0, 0.05) is 6.42 Å². The van der Waals surface area contributed by atoms with Crippen molar-refractivity contribution in [3.63, 3.8) is 0 Å². The van der Waals surface area contributed by atoms with Crippen molar-refractivity contribution in [2.75, 3.05) is 7.11 Å². The number of amides is 3. The van der Waals surface area contributed by atoms with Crippen molar-refractivity contribution in [1.29, 1.82) is 0 Å². The molecule has 0 fully saturated rings. The number of allylic oxidation sites excluding steroid dienone is 2. The number of nitrogens with one attached hydrogen (secondary N) is 3. The first kappa shape index (κ1) is 26.9. The largest absolute Gasteiger partial charge is 0.467 e. The molecule has 0 spiro atoms. The van der Waals surface area contributed by atoms with Crippen LogP contribution in [0.5, 0.6) is 0 Å². The lowest BCUT2D eigenvalue weighted by atomic mass is 10.0. The van der Waals surface area contributed by atoms with Gasteiger partial charge in [0.05, 0.1) is 7.11 Å². The van der Waals surface area contributed by atoms with Crippen LogP contribution in [-0.2, 0) is 30.3 Å². The van der Waals surface area contributed by atoms with Gasteiger partial charge >= 0.3 is 12.1 Å². The third-order valence-electron chi connectivity index (χ3n) is 5.14. The number of esters is 1. The number of hydrogen-bond donors (Lipinski definition) is 3. The van der Waals surface area contributed by atoms with Crippen molar-refractivity contribution < 1.29 is 28.7 Å². The molecule has 3 atom stereocenters. The Hall–Kier alpha value is -3.36. The number of rotatable bonds is 6. The Balaban J connectivity index is 2.18. The predicted octanol–water partition coefficient (Wildman–Crippen LogP) is 2.40. The normalized spacial score (nSPS) is 20.8. The van der Waals surface area contributed by atoms with E-state index in [2.05, 4.69) is 16.0 Å². The molecule has 1 aliphatic rings. The molecule has 2 rings (SSSR count). The van der Waals surface area contributed by atoms with Gasteiger partial charge in [-0.3, -0.25) is 9.59 Å². The minimum Gasteiger partial charge on any atom is -0.467 e. The molecule has 1 heterocycles. The molecule has 0 saturated heterocycles. The summed E-state index contributed by atoms with van der Waals surface area (Å²) < 4.78 is 10.1. The molecule has 0 bridgehead atoms. The lowest BCUT2D eigenvalue weighted by molar-refractivity contribution is -0.145. The second-order valence-corrected chi connectivity index (χ2v) is 9.16. The molecule has 0 aromatic heterocycles. The van der Waals surface area contributed by atoms with Crippen molar-refractivity contribution in [3.05, 3.63) is 48.0 Å². The lowest BCUT2D eigenvalue weighted by Gasteiger charge is -2.26.